The van der Waals surface area contributed by atoms with Crippen molar-refractivity contribution in [2.45, 2.75) is 43.5 Å². The molecule has 106 valence electrons. The van der Waals surface area contributed by atoms with Crippen LogP contribution in [0, 0.1) is 5.92 Å². The molecule has 1 atom stereocenters. The third-order valence-corrected chi connectivity index (χ3v) is 5.84. The zero-order valence-electron chi connectivity index (χ0n) is 10.6. The summed E-state index contributed by atoms with van der Waals surface area (Å²) in [6.45, 7) is 1.93. The number of hydrogen-bond acceptors (Lipinski definition) is 4. The first kappa shape index (κ1) is 14.5. The van der Waals surface area contributed by atoms with Crippen LogP contribution in [-0.4, -0.2) is 25.5 Å². The summed E-state index contributed by atoms with van der Waals surface area (Å²) in [7, 11) is -3.74. The van der Waals surface area contributed by atoms with Crippen LogP contribution in [0.1, 0.15) is 42.3 Å². The Hall–Kier alpha value is -0.920. The fourth-order valence-electron chi connectivity index (χ4n) is 2.00. The van der Waals surface area contributed by atoms with Crippen LogP contribution in [0.3, 0.4) is 0 Å². The summed E-state index contributed by atoms with van der Waals surface area (Å²) in [5, 5.41) is 10.5. The minimum absolute atomic E-state index is 0.112. The van der Waals surface area contributed by atoms with Gasteiger partial charge in [0.25, 0.3) is 0 Å². The third kappa shape index (κ3) is 3.55. The van der Waals surface area contributed by atoms with Crippen molar-refractivity contribution in [3.63, 3.8) is 0 Å². The molecular formula is C12H17NO4S2. The normalized spacial score (nSPS) is 17.3. The molecule has 0 aromatic carbocycles. The Morgan fingerprint density at radius 3 is 2.79 bits per heavy atom. The van der Waals surface area contributed by atoms with Crippen molar-refractivity contribution in [3.05, 3.63) is 16.3 Å². The molecule has 1 heterocycles. The molecule has 2 rings (SSSR count). The molecule has 0 radical (unpaired) electrons. The highest BCUT2D eigenvalue weighted by Crippen LogP contribution is 2.34. The summed E-state index contributed by atoms with van der Waals surface area (Å²) in [6.07, 6.45) is 3.87. The number of rotatable bonds is 7. The second kappa shape index (κ2) is 5.60. The van der Waals surface area contributed by atoms with Crippen molar-refractivity contribution < 1.29 is 18.3 Å². The van der Waals surface area contributed by atoms with Gasteiger partial charge in [0.2, 0.25) is 10.0 Å². The van der Waals surface area contributed by atoms with E-state index >= 15 is 0 Å². The van der Waals surface area contributed by atoms with Gasteiger partial charge >= 0.3 is 5.97 Å². The maximum Gasteiger partial charge on any atom is 0.347 e. The minimum Gasteiger partial charge on any atom is -0.477 e. The second-order valence-corrected chi connectivity index (χ2v) is 7.42. The van der Waals surface area contributed by atoms with Crippen LogP contribution in [0.2, 0.25) is 0 Å². The number of carbonyl (C=O) groups is 1. The molecule has 2 N–H and O–H groups in total. The van der Waals surface area contributed by atoms with Crippen LogP contribution in [-0.2, 0) is 10.0 Å². The number of carboxylic acids is 1. The summed E-state index contributed by atoms with van der Waals surface area (Å²) >= 11 is 0.927. The lowest BCUT2D eigenvalue weighted by Crippen LogP contribution is -2.35. The number of carboxylic acid groups (broad SMARTS) is 1. The summed E-state index contributed by atoms with van der Waals surface area (Å²) in [5.74, 6) is -0.584. The van der Waals surface area contributed by atoms with Gasteiger partial charge < -0.3 is 5.11 Å². The molecule has 5 nitrogen and oxygen atoms in total. The van der Waals surface area contributed by atoms with Crippen LogP contribution in [0.15, 0.2) is 16.3 Å². The largest absolute Gasteiger partial charge is 0.477 e. The topological polar surface area (TPSA) is 83.5 Å². The third-order valence-electron chi connectivity index (χ3n) is 3.24. The fourth-order valence-corrected chi connectivity index (χ4v) is 4.59. The number of hydrogen-bond donors (Lipinski definition) is 2. The molecule has 1 aliphatic rings. The number of nitrogens with one attached hydrogen (secondary N) is 1. The SMILES string of the molecule is CCC(CC1CC1)NS(=O)(=O)c1ccsc1C(=O)O. The minimum atomic E-state index is -3.74. The Morgan fingerprint density at radius 1 is 1.58 bits per heavy atom. The number of aromatic carboxylic acids is 1. The lowest BCUT2D eigenvalue weighted by molar-refractivity contribution is 0.0698. The molecule has 0 bridgehead atoms. The van der Waals surface area contributed by atoms with E-state index < -0.39 is 16.0 Å². The molecule has 0 amide bonds. The van der Waals surface area contributed by atoms with Crippen LogP contribution >= 0.6 is 11.3 Å². The Labute approximate surface area is 116 Å². The van der Waals surface area contributed by atoms with Gasteiger partial charge in [-0.2, -0.15) is 0 Å². The highest BCUT2D eigenvalue weighted by atomic mass is 32.2. The molecule has 1 saturated carbocycles. The van der Waals surface area contributed by atoms with Crippen LogP contribution < -0.4 is 4.72 Å². The van der Waals surface area contributed by atoms with E-state index in [1.54, 1.807) is 0 Å². The van der Waals surface area contributed by atoms with Crippen LogP contribution in [0.5, 0.6) is 0 Å². The second-order valence-electron chi connectivity index (χ2n) is 4.82. The number of sulfonamides is 1. The average molecular weight is 303 g/mol. The Kier molecular flexibility index (Phi) is 4.27. The summed E-state index contributed by atoms with van der Waals surface area (Å²) < 4.78 is 27.1. The maximum absolute atomic E-state index is 12.2. The first-order valence-electron chi connectivity index (χ1n) is 6.27. The zero-order chi connectivity index (χ0) is 14.0. The van der Waals surface area contributed by atoms with E-state index in [2.05, 4.69) is 4.72 Å². The van der Waals surface area contributed by atoms with Crippen LogP contribution in [0.4, 0.5) is 0 Å². The van der Waals surface area contributed by atoms with Crippen molar-refractivity contribution in [2.24, 2.45) is 5.92 Å². The van der Waals surface area contributed by atoms with Crippen molar-refractivity contribution >= 4 is 27.3 Å². The molecular weight excluding hydrogens is 286 g/mol. The van der Waals surface area contributed by atoms with Gasteiger partial charge in [0, 0.05) is 6.04 Å². The average Bonchev–Trinajstić information content (AvgIpc) is 2.99. The van der Waals surface area contributed by atoms with Gasteiger partial charge in [-0.15, -0.1) is 11.3 Å². The standard InChI is InChI=1S/C12H17NO4S2/c1-2-9(7-8-3-4-8)13-19(16,17)10-5-6-18-11(10)12(14)15/h5-6,8-9,13H,2-4,7H2,1H3,(H,14,15). The van der Waals surface area contributed by atoms with Crippen molar-refractivity contribution in [1.82, 2.24) is 4.72 Å². The Morgan fingerprint density at radius 2 is 2.26 bits per heavy atom. The van der Waals surface area contributed by atoms with E-state index in [0.29, 0.717) is 12.3 Å². The van der Waals surface area contributed by atoms with Gasteiger partial charge in [0.05, 0.1) is 0 Å². The lowest BCUT2D eigenvalue weighted by Gasteiger charge is -2.16. The van der Waals surface area contributed by atoms with Gasteiger partial charge in [0.1, 0.15) is 9.77 Å². The fraction of sp³-hybridized carbons (Fsp3) is 0.583. The van der Waals surface area contributed by atoms with Crippen molar-refractivity contribution in [1.29, 1.82) is 0 Å². The highest BCUT2D eigenvalue weighted by Gasteiger charge is 2.29. The summed E-state index contributed by atoms with van der Waals surface area (Å²) in [5.41, 5.74) is 0. The molecule has 0 saturated heterocycles. The van der Waals surface area contributed by atoms with E-state index in [0.717, 1.165) is 30.6 Å². The first-order valence-corrected chi connectivity index (χ1v) is 8.63. The number of thiophene rings is 1. The van der Waals surface area contributed by atoms with E-state index in [4.69, 9.17) is 5.11 Å². The maximum atomic E-state index is 12.2. The van der Waals surface area contributed by atoms with Gasteiger partial charge in [0.15, 0.2) is 0 Å². The van der Waals surface area contributed by atoms with Crippen molar-refractivity contribution in [3.8, 4) is 0 Å². The zero-order valence-corrected chi connectivity index (χ0v) is 12.3. The smallest absolute Gasteiger partial charge is 0.347 e. The van der Waals surface area contributed by atoms with Crippen LogP contribution in [0.25, 0.3) is 0 Å². The predicted octanol–water partition coefficient (Wildman–Crippen LogP) is 2.30. The molecule has 1 fully saturated rings. The lowest BCUT2D eigenvalue weighted by atomic mass is 10.1. The molecule has 0 spiro atoms. The Balaban J connectivity index is 2.16. The molecule has 1 aliphatic carbocycles. The van der Waals surface area contributed by atoms with E-state index in [1.807, 2.05) is 6.92 Å². The summed E-state index contributed by atoms with van der Waals surface area (Å²) in [6, 6.07) is 1.24. The molecule has 1 aromatic rings. The van der Waals surface area contributed by atoms with Gasteiger partial charge in [-0.1, -0.05) is 19.8 Å². The van der Waals surface area contributed by atoms with E-state index in [1.165, 1.54) is 11.4 Å². The van der Waals surface area contributed by atoms with Crippen molar-refractivity contribution in [2.75, 3.05) is 0 Å². The molecule has 7 heteroatoms. The molecule has 0 aliphatic heterocycles. The van der Waals surface area contributed by atoms with E-state index in [9.17, 15) is 13.2 Å². The van der Waals surface area contributed by atoms with E-state index in [-0.39, 0.29) is 15.8 Å². The van der Waals surface area contributed by atoms with Gasteiger partial charge in [-0.25, -0.2) is 17.9 Å². The predicted molar refractivity (Wildman–Crippen MR) is 73.0 cm³/mol. The molecule has 1 aromatic heterocycles. The summed E-state index contributed by atoms with van der Waals surface area (Å²) in [4.78, 5) is 10.7. The quantitative estimate of drug-likeness (QED) is 0.809. The molecule has 1 unspecified atom stereocenters. The van der Waals surface area contributed by atoms with Gasteiger partial charge in [-0.3, -0.25) is 0 Å². The first-order chi connectivity index (χ1) is 8.94. The Bertz CT molecular complexity index is 560. The monoisotopic (exact) mass is 303 g/mol. The highest BCUT2D eigenvalue weighted by molar-refractivity contribution is 7.89. The molecule has 19 heavy (non-hydrogen) atoms. The van der Waals surface area contributed by atoms with Gasteiger partial charge in [-0.05, 0) is 30.2 Å².